The van der Waals surface area contributed by atoms with Crippen molar-refractivity contribution in [1.82, 2.24) is 30.5 Å². The van der Waals surface area contributed by atoms with Crippen LogP contribution in [0.2, 0.25) is 0 Å². The van der Waals surface area contributed by atoms with Crippen molar-refractivity contribution in [2.45, 2.75) is 45.7 Å². The number of carbonyl (C=O) groups is 1. The molecule has 0 aliphatic heterocycles. The topological polar surface area (TPSA) is 85.6 Å². The van der Waals surface area contributed by atoms with Crippen LogP contribution in [0.1, 0.15) is 31.0 Å². The zero-order valence-corrected chi connectivity index (χ0v) is 12.4. The molecule has 0 spiro atoms. The van der Waals surface area contributed by atoms with Gasteiger partial charge >= 0.3 is 0 Å². The molecule has 112 valence electrons. The summed E-state index contributed by atoms with van der Waals surface area (Å²) in [6.45, 7) is 4.67. The second kappa shape index (κ2) is 7.47. The molecular formula is C14H20N6O. The first-order valence-electron chi connectivity index (χ1n) is 7.06. The average molecular weight is 288 g/mol. The van der Waals surface area contributed by atoms with Gasteiger partial charge in [0.05, 0.1) is 0 Å². The molecule has 0 bridgehead atoms. The van der Waals surface area contributed by atoms with Gasteiger partial charge in [-0.3, -0.25) is 9.78 Å². The number of carbonyl (C=O) groups excluding carboxylic acids is 1. The first kappa shape index (κ1) is 15.1. The summed E-state index contributed by atoms with van der Waals surface area (Å²) in [7, 11) is 0. The monoisotopic (exact) mass is 288 g/mol. The van der Waals surface area contributed by atoms with E-state index in [1.165, 1.54) is 0 Å². The van der Waals surface area contributed by atoms with E-state index in [0.717, 1.165) is 17.7 Å². The molecule has 1 atom stereocenters. The van der Waals surface area contributed by atoms with Crippen molar-refractivity contribution in [2.75, 3.05) is 0 Å². The van der Waals surface area contributed by atoms with Crippen molar-refractivity contribution in [3.05, 3.63) is 35.9 Å². The zero-order valence-electron chi connectivity index (χ0n) is 12.4. The van der Waals surface area contributed by atoms with Gasteiger partial charge < -0.3 is 5.32 Å². The van der Waals surface area contributed by atoms with Crippen LogP contribution in [-0.4, -0.2) is 37.1 Å². The third-order valence-corrected chi connectivity index (χ3v) is 3.21. The molecule has 21 heavy (non-hydrogen) atoms. The van der Waals surface area contributed by atoms with Crippen molar-refractivity contribution in [2.24, 2.45) is 0 Å². The van der Waals surface area contributed by atoms with E-state index in [1.807, 2.05) is 26.0 Å². The molecule has 0 aliphatic rings. The summed E-state index contributed by atoms with van der Waals surface area (Å²) in [4.78, 5) is 16.2. The Kier molecular flexibility index (Phi) is 5.36. The van der Waals surface area contributed by atoms with Gasteiger partial charge in [0, 0.05) is 37.3 Å². The Bertz CT molecular complexity index is 569. The number of hydrogen-bond acceptors (Lipinski definition) is 5. The molecule has 2 aromatic rings. The number of nitrogens with one attached hydrogen (secondary N) is 1. The van der Waals surface area contributed by atoms with Crippen molar-refractivity contribution >= 4 is 5.91 Å². The van der Waals surface area contributed by atoms with E-state index in [2.05, 4.69) is 25.8 Å². The van der Waals surface area contributed by atoms with Crippen LogP contribution in [0.3, 0.4) is 0 Å². The maximum absolute atomic E-state index is 11.9. The summed E-state index contributed by atoms with van der Waals surface area (Å²) in [5.41, 5.74) is 2.18. The van der Waals surface area contributed by atoms with E-state index < -0.39 is 0 Å². The van der Waals surface area contributed by atoms with Gasteiger partial charge in [0.1, 0.15) is 6.33 Å². The van der Waals surface area contributed by atoms with Crippen LogP contribution < -0.4 is 5.32 Å². The van der Waals surface area contributed by atoms with Gasteiger partial charge in [0.15, 0.2) is 0 Å². The molecule has 0 radical (unpaired) electrons. The van der Waals surface area contributed by atoms with Crippen molar-refractivity contribution < 1.29 is 4.79 Å². The Morgan fingerprint density at radius 3 is 3.05 bits per heavy atom. The van der Waals surface area contributed by atoms with Crippen molar-refractivity contribution in [3.8, 4) is 0 Å². The van der Waals surface area contributed by atoms with Crippen LogP contribution >= 0.6 is 0 Å². The van der Waals surface area contributed by atoms with E-state index in [0.29, 0.717) is 19.4 Å². The Balaban J connectivity index is 1.71. The normalized spacial score (nSPS) is 12.1. The Hall–Kier alpha value is -2.31. The smallest absolute Gasteiger partial charge is 0.220 e. The lowest BCUT2D eigenvalue weighted by molar-refractivity contribution is -0.121. The van der Waals surface area contributed by atoms with Crippen molar-refractivity contribution in [1.29, 1.82) is 0 Å². The molecule has 0 saturated carbocycles. The largest absolute Gasteiger partial charge is 0.353 e. The second-order valence-corrected chi connectivity index (χ2v) is 5.12. The van der Waals surface area contributed by atoms with Gasteiger partial charge in [-0.15, -0.1) is 5.10 Å². The van der Waals surface area contributed by atoms with Crippen LogP contribution in [0.5, 0.6) is 0 Å². The highest BCUT2D eigenvalue weighted by molar-refractivity contribution is 5.76. The van der Waals surface area contributed by atoms with Gasteiger partial charge in [0.25, 0.3) is 0 Å². The molecule has 0 aromatic carbocycles. The number of rotatable bonds is 7. The van der Waals surface area contributed by atoms with Crippen LogP contribution in [0.4, 0.5) is 0 Å². The lowest BCUT2D eigenvalue weighted by atomic mass is 10.1. The van der Waals surface area contributed by atoms with Crippen LogP contribution in [0.15, 0.2) is 24.7 Å². The number of aryl methyl sites for hydroxylation is 2. The first-order chi connectivity index (χ1) is 10.1. The zero-order chi connectivity index (χ0) is 15.1. The van der Waals surface area contributed by atoms with E-state index in [4.69, 9.17) is 0 Å². The fourth-order valence-electron chi connectivity index (χ4n) is 2.10. The van der Waals surface area contributed by atoms with Gasteiger partial charge in [-0.1, -0.05) is 6.07 Å². The Morgan fingerprint density at radius 1 is 1.48 bits per heavy atom. The fraction of sp³-hybridized carbons (Fsp3) is 0.500. The third kappa shape index (κ3) is 4.94. The molecule has 0 fully saturated rings. The maximum Gasteiger partial charge on any atom is 0.220 e. The molecule has 7 nitrogen and oxygen atoms in total. The van der Waals surface area contributed by atoms with Gasteiger partial charge in [-0.2, -0.15) is 0 Å². The van der Waals surface area contributed by atoms with Crippen LogP contribution in [0.25, 0.3) is 0 Å². The highest BCUT2D eigenvalue weighted by Crippen LogP contribution is 2.06. The van der Waals surface area contributed by atoms with Crippen molar-refractivity contribution in [3.63, 3.8) is 0 Å². The van der Waals surface area contributed by atoms with E-state index in [-0.39, 0.29) is 11.9 Å². The molecule has 7 heteroatoms. The standard InChI is InChI=1S/C14H20N6O/c1-11-5-3-7-15-13(11)9-12(2)17-14(21)6-4-8-20-10-16-18-19-20/h3,5,7,10,12H,4,6,8-9H2,1-2H3,(H,17,21). The fourth-order valence-corrected chi connectivity index (χ4v) is 2.10. The number of amides is 1. The molecule has 2 rings (SSSR count). The summed E-state index contributed by atoms with van der Waals surface area (Å²) in [5, 5.41) is 13.8. The minimum Gasteiger partial charge on any atom is -0.353 e. The number of aromatic nitrogens is 5. The molecule has 2 aromatic heterocycles. The summed E-state index contributed by atoms with van der Waals surface area (Å²) in [5.74, 6) is 0.0455. The highest BCUT2D eigenvalue weighted by atomic mass is 16.1. The minimum absolute atomic E-state index is 0.0455. The van der Waals surface area contributed by atoms with Gasteiger partial charge in [0.2, 0.25) is 5.91 Å². The summed E-state index contributed by atoms with van der Waals surface area (Å²) in [6.07, 6.45) is 5.25. The average Bonchev–Trinajstić information content (AvgIpc) is 2.94. The minimum atomic E-state index is 0.0455. The van der Waals surface area contributed by atoms with E-state index in [9.17, 15) is 4.79 Å². The first-order valence-corrected chi connectivity index (χ1v) is 7.06. The molecule has 0 aliphatic carbocycles. The Morgan fingerprint density at radius 2 is 2.33 bits per heavy atom. The Labute approximate surface area is 123 Å². The molecule has 0 saturated heterocycles. The predicted octanol–water partition coefficient (Wildman–Crippen LogP) is 0.904. The molecule has 1 amide bonds. The number of nitrogens with zero attached hydrogens (tertiary/aromatic N) is 5. The number of pyridine rings is 1. The maximum atomic E-state index is 11.9. The van der Waals surface area contributed by atoms with E-state index >= 15 is 0 Å². The van der Waals surface area contributed by atoms with Gasteiger partial charge in [-0.25, -0.2) is 4.68 Å². The molecule has 2 heterocycles. The number of tetrazole rings is 1. The predicted molar refractivity (Wildman–Crippen MR) is 77.3 cm³/mol. The summed E-state index contributed by atoms with van der Waals surface area (Å²) in [6, 6.07) is 4.02. The van der Waals surface area contributed by atoms with Crippen LogP contribution in [0, 0.1) is 6.92 Å². The number of hydrogen-bond donors (Lipinski definition) is 1. The molecule has 1 N–H and O–H groups in total. The SMILES string of the molecule is Cc1cccnc1CC(C)NC(=O)CCCn1cnnn1. The quantitative estimate of drug-likeness (QED) is 0.818. The molecule has 1 unspecified atom stereocenters. The molecular weight excluding hydrogens is 268 g/mol. The van der Waals surface area contributed by atoms with Gasteiger partial charge in [-0.05, 0) is 42.3 Å². The summed E-state index contributed by atoms with van der Waals surface area (Å²) < 4.78 is 1.62. The lowest BCUT2D eigenvalue weighted by Gasteiger charge is -2.14. The lowest BCUT2D eigenvalue weighted by Crippen LogP contribution is -2.34. The second-order valence-electron chi connectivity index (χ2n) is 5.12. The van der Waals surface area contributed by atoms with E-state index in [1.54, 1.807) is 17.2 Å². The third-order valence-electron chi connectivity index (χ3n) is 3.21. The highest BCUT2D eigenvalue weighted by Gasteiger charge is 2.10. The van der Waals surface area contributed by atoms with Crippen LogP contribution in [-0.2, 0) is 17.8 Å². The summed E-state index contributed by atoms with van der Waals surface area (Å²) >= 11 is 0.